The summed E-state index contributed by atoms with van der Waals surface area (Å²) in [5.74, 6) is 0.254. The molecule has 1 aromatic heterocycles. The standard InChI is InChI=1S/C11H19N3O3S2/c1-7-6-14(3)5-4-9(7)13-19(16,17)10-8(2)12-11(15)18-10/h7,9,13H,4-6H2,1-3H3,(H,12,15). The third kappa shape index (κ3) is 3.25. The van der Waals surface area contributed by atoms with E-state index in [9.17, 15) is 13.2 Å². The van der Waals surface area contributed by atoms with E-state index in [1.54, 1.807) is 6.92 Å². The molecule has 1 aliphatic heterocycles. The minimum Gasteiger partial charge on any atom is -0.315 e. The number of hydrogen-bond donors (Lipinski definition) is 2. The molecule has 2 heterocycles. The molecule has 2 rings (SSSR count). The molecule has 1 aliphatic rings. The first-order valence-corrected chi connectivity index (χ1v) is 8.50. The van der Waals surface area contributed by atoms with Crippen LogP contribution in [0.1, 0.15) is 19.0 Å². The summed E-state index contributed by atoms with van der Waals surface area (Å²) >= 11 is 0.740. The van der Waals surface area contributed by atoms with E-state index in [0.29, 0.717) is 5.69 Å². The summed E-state index contributed by atoms with van der Waals surface area (Å²) in [6, 6.07) is -0.0715. The van der Waals surface area contributed by atoms with Gasteiger partial charge in [0.1, 0.15) is 0 Å². The van der Waals surface area contributed by atoms with Gasteiger partial charge in [-0.2, -0.15) is 0 Å². The highest BCUT2D eigenvalue weighted by molar-refractivity contribution is 7.91. The van der Waals surface area contributed by atoms with E-state index in [0.717, 1.165) is 30.8 Å². The molecule has 19 heavy (non-hydrogen) atoms. The van der Waals surface area contributed by atoms with Crippen LogP contribution in [-0.4, -0.2) is 44.5 Å². The van der Waals surface area contributed by atoms with Gasteiger partial charge in [-0.1, -0.05) is 18.3 Å². The largest absolute Gasteiger partial charge is 0.315 e. The summed E-state index contributed by atoms with van der Waals surface area (Å²) in [6.45, 7) is 5.38. The second-order valence-electron chi connectivity index (χ2n) is 5.18. The molecule has 1 aromatic rings. The number of sulfonamides is 1. The summed E-state index contributed by atoms with van der Waals surface area (Å²) in [4.78, 5) is 15.6. The molecule has 0 aliphatic carbocycles. The van der Waals surface area contributed by atoms with Crippen LogP contribution in [-0.2, 0) is 10.0 Å². The van der Waals surface area contributed by atoms with Crippen LogP contribution in [0.5, 0.6) is 0 Å². The van der Waals surface area contributed by atoms with E-state index < -0.39 is 10.0 Å². The molecule has 0 spiro atoms. The van der Waals surface area contributed by atoms with Crippen molar-refractivity contribution in [3.05, 3.63) is 15.4 Å². The molecule has 0 saturated carbocycles. The monoisotopic (exact) mass is 305 g/mol. The Morgan fingerprint density at radius 1 is 1.47 bits per heavy atom. The fraction of sp³-hybridized carbons (Fsp3) is 0.727. The van der Waals surface area contributed by atoms with Gasteiger partial charge < -0.3 is 9.88 Å². The van der Waals surface area contributed by atoms with Gasteiger partial charge in [-0.05, 0) is 32.9 Å². The number of aromatic nitrogens is 1. The van der Waals surface area contributed by atoms with Crippen molar-refractivity contribution >= 4 is 21.4 Å². The van der Waals surface area contributed by atoms with Crippen LogP contribution in [0.25, 0.3) is 0 Å². The van der Waals surface area contributed by atoms with Gasteiger partial charge in [-0.15, -0.1) is 0 Å². The van der Waals surface area contributed by atoms with Crippen molar-refractivity contribution in [1.82, 2.24) is 14.6 Å². The molecule has 0 bridgehead atoms. The number of nitrogens with zero attached hydrogens (tertiary/aromatic N) is 1. The second kappa shape index (κ2) is 5.35. The lowest BCUT2D eigenvalue weighted by Gasteiger charge is -2.34. The van der Waals surface area contributed by atoms with Gasteiger partial charge in [0.25, 0.3) is 10.0 Å². The summed E-state index contributed by atoms with van der Waals surface area (Å²) in [6.07, 6.45) is 0.787. The average molecular weight is 305 g/mol. The maximum atomic E-state index is 12.3. The number of piperidine rings is 1. The van der Waals surface area contributed by atoms with E-state index in [2.05, 4.69) is 14.6 Å². The van der Waals surface area contributed by atoms with Crippen LogP contribution in [0.3, 0.4) is 0 Å². The Morgan fingerprint density at radius 3 is 2.68 bits per heavy atom. The van der Waals surface area contributed by atoms with Crippen LogP contribution < -0.4 is 9.60 Å². The number of aryl methyl sites for hydroxylation is 1. The maximum Gasteiger partial charge on any atom is 0.305 e. The third-order valence-corrected chi connectivity index (χ3v) is 6.53. The first-order valence-electron chi connectivity index (χ1n) is 6.20. The minimum atomic E-state index is -3.60. The Balaban J connectivity index is 2.18. The molecule has 1 saturated heterocycles. The summed E-state index contributed by atoms with van der Waals surface area (Å²) in [5, 5.41) is 0. The molecular weight excluding hydrogens is 286 g/mol. The van der Waals surface area contributed by atoms with Gasteiger partial charge in [-0.25, -0.2) is 13.1 Å². The molecule has 0 aromatic carbocycles. The van der Waals surface area contributed by atoms with E-state index in [1.807, 2.05) is 14.0 Å². The van der Waals surface area contributed by atoms with Gasteiger partial charge in [0.2, 0.25) is 0 Å². The molecule has 108 valence electrons. The van der Waals surface area contributed by atoms with Crippen molar-refractivity contribution in [3.8, 4) is 0 Å². The Kier molecular flexibility index (Phi) is 4.14. The van der Waals surface area contributed by atoms with Gasteiger partial charge in [0.15, 0.2) is 4.21 Å². The predicted octanol–water partition coefficient (Wildman–Crippen LogP) is 0.363. The highest BCUT2D eigenvalue weighted by atomic mass is 32.2. The first kappa shape index (κ1) is 14.7. The van der Waals surface area contributed by atoms with Gasteiger partial charge in [0, 0.05) is 18.3 Å². The third-order valence-electron chi connectivity index (χ3n) is 3.44. The molecule has 0 amide bonds. The predicted molar refractivity (Wildman–Crippen MR) is 75.1 cm³/mol. The van der Waals surface area contributed by atoms with Crippen molar-refractivity contribution < 1.29 is 8.42 Å². The summed E-state index contributed by atoms with van der Waals surface area (Å²) in [5.41, 5.74) is 0.406. The van der Waals surface area contributed by atoms with Crippen LogP contribution in [0.15, 0.2) is 9.00 Å². The highest BCUT2D eigenvalue weighted by Crippen LogP contribution is 2.21. The molecular formula is C11H19N3O3S2. The van der Waals surface area contributed by atoms with Crippen LogP contribution in [0.4, 0.5) is 0 Å². The molecule has 2 atom stereocenters. The Bertz CT molecular complexity index is 605. The number of H-pyrrole nitrogens is 1. The van der Waals surface area contributed by atoms with Crippen molar-refractivity contribution in [3.63, 3.8) is 0 Å². The Morgan fingerprint density at radius 2 is 2.16 bits per heavy atom. The second-order valence-corrected chi connectivity index (χ2v) is 8.08. The minimum absolute atomic E-state index is 0.0715. The zero-order valence-corrected chi connectivity index (χ0v) is 12.9. The fourth-order valence-corrected chi connectivity index (χ4v) is 5.13. The lowest BCUT2D eigenvalue weighted by Crippen LogP contribution is -2.48. The lowest BCUT2D eigenvalue weighted by atomic mass is 9.95. The number of aromatic amines is 1. The van der Waals surface area contributed by atoms with Gasteiger partial charge in [0.05, 0.1) is 0 Å². The van der Waals surface area contributed by atoms with Gasteiger partial charge >= 0.3 is 4.87 Å². The smallest absolute Gasteiger partial charge is 0.305 e. The Hall–Kier alpha value is -0.700. The highest BCUT2D eigenvalue weighted by Gasteiger charge is 2.30. The van der Waals surface area contributed by atoms with Crippen molar-refractivity contribution in [2.24, 2.45) is 5.92 Å². The lowest BCUT2D eigenvalue weighted by molar-refractivity contribution is 0.188. The molecule has 0 radical (unpaired) electrons. The molecule has 2 N–H and O–H groups in total. The Labute approximate surface area is 116 Å². The summed E-state index contributed by atoms with van der Waals surface area (Å²) < 4.78 is 27.4. The zero-order chi connectivity index (χ0) is 14.2. The number of rotatable bonds is 3. The summed E-state index contributed by atoms with van der Waals surface area (Å²) in [7, 11) is -1.57. The fourth-order valence-electron chi connectivity index (χ4n) is 2.43. The van der Waals surface area contributed by atoms with Gasteiger partial charge in [-0.3, -0.25) is 4.79 Å². The number of nitrogens with one attached hydrogen (secondary N) is 2. The molecule has 2 unspecified atom stereocenters. The average Bonchev–Trinajstić information content (AvgIpc) is 2.63. The number of hydrogen-bond acceptors (Lipinski definition) is 5. The molecule has 8 heteroatoms. The quantitative estimate of drug-likeness (QED) is 0.845. The molecule has 1 fully saturated rings. The van der Waals surface area contributed by atoms with Crippen molar-refractivity contribution in [2.75, 3.05) is 20.1 Å². The molecule has 6 nitrogen and oxygen atoms in total. The zero-order valence-electron chi connectivity index (χ0n) is 11.3. The maximum absolute atomic E-state index is 12.3. The number of likely N-dealkylation sites (tertiary alicyclic amines) is 1. The topological polar surface area (TPSA) is 82.3 Å². The van der Waals surface area contributed by atoms with Crippen molar-refractivity contribution in [1.29, 1.82) is 0 Å². The number of thiazole rings is 1. The van der Waals surface area contributed by atoms with E-state index in [4.69, 9.17) is 0 Å². The van der Waals surface area contributed by atoms with E-state index >= 15 is 0 Å². The van der Waals surface area contributed by atoms with Crippen LogP contribution in [0, 0.1) is 12.8 Å². The SMILES string of the molecule is Cc1[nH]c(=O)sc1S(=O)(=O)NC1CCN(C)CC1C. The normalized spacial score (nSPS) is 25.6. The van der Waals surface area contributed by atoms with Crippen molar-refractivity contribution in [2.45, 2.75) is 30.5 Å². The van der Waals surface area contributed by atoms with Crippen LogP contribution in [0.2, 0.25) is 0 Å². The van der Waals surface area contributed by atoms with Crippen LogP contribution >= 0.6 is 11.3 Å². The van der Waals surface area contributed by atoms with E-state index in [1.165, 1.54) is 0 Å². The van der Waals surface area contributed by atoms with E-state index in [-0.39, 0.29) is 21.0 Å². The first-order chi connectivity index (χ1) is 8.79.